The van der Waals surface area contributed by atoms with Gasteiger partial charge in [0.15, 0.2) is 0 Å². The van der Waals surface area contributed by atoms with Crippen LogP contribution in [-0.4, -0.2) is 55.1 Å². The van der Waals surface area contributed by atoms with Crippen molar-refractivity contribution < 1.29 is 9.53 Å². The third kappa shape index (κ3) is 5.94. The number of morpholine rings is 1. The average Bonchev–Trinajstić information content (AvgIpc) is 2.94. The molecule has 8 heteroatoms. The van der Waals surface area contributed by atoms with Crippen LogP contribution in [-0.2, 0) is 22.6 Å². The van der Waals surface area contributed by atoms with Crippen LogP contribution in [0.25, 0.3) is 0 Å². The highest BCUT2D eigenvalue weighted by atomic mass is 16.5. The van der Waals surface area contributed by atoms with E-state index in [4.69, 9.17) is 4.74 Å². The molecule has 1 N–H and O–H groups in total. The van der Waals surface area contributed by atoms with E-state index in [1.807, 2.05) is 30.3 Å². The van der Waals surface area contributed by atoms with Crippen molar-refractivity contribution >= 4 is 17.3 Å². The van der Waals surface area contributed by atoms with Crippen molar-refractivity contribution in [3.8, 4) is 0 Å². The maximum absolute atomic E-state index is 12.9. The largest absolute Gasteiger partial charge is 0.378 e. The quantitative estimate of drug-likeness (QED) is 0.552. The number of amides is 1. The van der Waals surface area contributed by atoms with Gasteiger partial charge in [-0.05, 0) is 36.1 Å². The third-order valence-corrected chi connectivity index (χ3v) is 6.97. The van der Waals surface area contributed by atoms with Gasteiger partial charge in [0.05, 0.1) is 37.6 Å². The van der Waals surface area contributed by atoms with E-state index in [0.717, 1.165) is 62.5 Å². The number of carbonyl (C=O) groups excluding carboxylic acids is 1. The molecular formula is C28H33N5O3. The van der Waals surface area contributed by atoms with Gasteiger partial charge < -0.3 is 19.9 Å². The summed E-state index contributed by atoms with van der Waals surface area (Å²) in [7, 11) is 0. The van der Waals surface area contributed by atoms with Gasteiger partial charge in [0.1, 0.15) is 0 Å². The topological polar surface area (TPSA) is 79.7 Å². The zero-order valence-electron chi connectivity index (χ0n) is 20.5. The summed E-state index contributed by atoms with van der Waals surface area (Å²) in [6, 6.07) is 19.8. The van der Waals surface area contributed by atoms with Crippen LogP contribution in [0.15, 0.2) is 71.7 Å². The third-order valence-electron chi connectivity index (χ3n) is 6.97. The average molecular weight is 488 g/mol. The van der Waals surface area contributed by atoms with E-state index < -0.39 is 0 Å². The number of ether oxygens (including phenoxy) is 1. The smallest absolute Gasteiger partial charge is 0.269 e. The Morgan fingerprint density at radius 3 is 2.47 bits per heavy atom. The molecule has 2 fully saturated rings. The first-order valence-corrected chi connectivity index (χ1v) is 12.7. The number of aromatic nitrogens is 2. The Hall–Kier alpha value is -3.65. The Labute approximate surface area is 211 Å². The van der Waals surface area contributed by atoms with Gasteiger partial charge in [0.2, 0.25) is 5.91 Å². The molecule has 8 nitrogen and oxygen atoms in total. The van der Waals surface area contributed by atoms with Crippen molar-refractivity contribution in [3.05, 3.63) is 88.3 Å². The molecule has 0 radical (unpaired) electrons. The van der Waals surface area contributed by atoms with E-state index in [0.29, 0.717) is 19.6 Å². The molecule has 36 heavy (non-hydrogen) atoms. The summed E-state index contributed by atoms with van der Waals surface area (Å²) in [4.78, 5) is 30.0. The lowest BCUT2D eigenvalue weighted by Gasteiger charge is -2.33. The summed E-state index contributed by atoms with van der Waals surface area (Å²) in [6.45, 7) is 5.70. The van der Waals surface area contributed by atoms with E-state index >= 15 is 0 Å². The molecule has 5 rings (SSSR count). The van der Waals surface area contributed by atoms with Gasteiger partial charge in [0.25, 0.3) is 5.56 Å². The van der Waals surface area contributed by atoms with Gasteiger partial charge >= 0.3 is 0 Å². The predicted octanol–water partition coefficient (Wildman–Crippen LogP) is 2.66. The van der Waals surface area contributed by atoms with Crippen molar-refractivity contribution in [1.82, 2.24) is 15.1 Å². The number of carbonyl (C=O) groups is 1. The fraction of sp³-hybridized carbons (Fsp3) is 0.393. The van der Waals surface area contributed by atoms with Gasteiger partial charge in [0, 0.05) is 44.5 Å². The molecule has 2 saturated heterocycles. The van der Waals surface area contributed by atoms with E-state index in [2.05, 4.69) is 44.5 Å². The van der Waals surface area contributed by atoms with Crippen molar-refractivity contribution in [2.24, 2.45) is 5.92 Å². The normalized spacial score (nSPS) is 18.2. The minimum absolute atomic E-state index is 0.0577. The number of benzene rings is 2. The van der Waals surface area contributed by atoms with E-state index in [1.165, 1.54) is 10.4 Å². The Morgan fingerprint density at radius 2 is 1.72 bits per heavy atom. The van der Waals surface area contributed by atoms with Crippen LogP contribution in [0.1, 0.15) is 24.0 Å². The summed E-state index contributed by atoms with van der Waals surface area (Å²) in [5, 5.41) is 7.49. The molecule has 2 aromatic carbocycles. The number of hydrogen-bond acceptors (Lipinski definition) is 6. The minimum atomic E-state index is -0.136. The summed E-state index contributed by atoms with van der Waals surface area (Å²) >= 11 is 0. The zero-order valence-corrected chi connectivity index (χ0v) is 20.5. The summed E-state index contributed by atoms with van der Waals surface area (Å²) < 4.78 is 6.89. The van der Waals surface area contributed by atoms with Gasteiger partial charge in [-0.3, -0.25) is 9.59 Å². The lowest BCUT2D eigenvalue weighted by atomic mass is 9.96. The Balaban J connectivity index is 1.15. The highest BCUT2D eigenvalue weighted by Gasteiger charge is 2.26. The van der Waals surface area contributed by atoms with Crippen LogP contribution in [0.2, 0.25) is 0 Å². The lowest BCUT2D eigenvalue weighted by Crippen LogP contribution is -2.43. The van der Waals surface area contributed by atoms with Crippen molar-refractivity contribution in [3.63, 3.8) is 0 Å². The van der Waals surface area contributed by atoms with Crippen LogP contribution < -0.4 is 20.7 Å². The fourth-order valence-corrected chi connectivity index (χ4v) is 4.88. The van der Waals surface area contributed by atoms with Crippen LogP contribution in [0, 0.1) is 5.92 Å². The first-order valence-electron chi connectivity index (χ1n) is 12.7. The van der Waals surface area contributed by atoms with Gasteiger partial charge in [-0.1, -0.05) is 42.5 Å². The van der Waals surface area contributed by atoms with Gasteiger partial charge in [-0.25, -0.2) is 4.68 Å². The first kappa shape index (κ1) is 24.1. The molecule has 1 aromatic heterocycles. The Bertz CT molecular complexity index is 1210. The summed E-state index contributed by atoms with van der Waals surface area (Å²) in [6.07, 6.45) is 3.48. The van der Waals surface area contributed by atoms with Crippen molar-refractivity contribution in [2.45, 2.75) is 25.9 Å². The molecular weight excluding hydrogens is 454 g/mol. The van der Waals surface area contributed by atoms with Crippen LogP contribution in [0.4, 0.5) is 11.4 Å². The lowest BCUT2D eigenvalue weighted by molar-refractivity contribution is -0.125. The number of nitrogens with zero attached hydrogens (tertiary/aromatic N) is 4. The molecule has 0 aliphatic carbocycles. The van der Waals surface area contributed by atoms with Gasteiger partial charge in [-0.2, -0.15) is 5.10 Å². The summed E-state index contributed by atoms with van der Waals surface area (Å²) in [5.74, 6) is -0.0551. The monoisotopic (exact) mass is 487 g/mol. The van der Waals surface area contributed by atoms with Crippen molar-refractivity contribution in [1.29, 1.82) is 0 Å². The molecule has 1 amide bonds. The molecule has 0 spiro atoms. The van der Waals surface area contributed by atoms with E-state index in [-0.39, 0.29) is 17.4 Å². The van der Waals surface area contributed by atoms with Crippen LogP contribution in [0.3, 0.4) is 0 Å². The second-order valence-corrected chi connectivity index (χ2v) is 9.46. The first-order chi connectivity index (χ1) is 17.7. The number of hydrogen-bond donors (Lipinski definition) is 1. The molecule has 0 saturated carbocycles. The minimum Gasteiger partial charge on any atom is -0.378 e. The standard InChI is InChI=1S/C28H33N5O3/c34-27-17-26(19-30-33(27)20-23-5-2-1-3-6-23)32-12-4-7-24(21-32)28(35)29-18-22-8-10-25(11-9-22)31-13-15-36-16-14-31/h1-3,5-6,8-11,17,19,24H,4,7,12-16,18,20-21H2,(H,29,35). The molecule has 2 aliphatic rings. The molecule has 3 aromatic rings. The number of nitrogens with one attached hydrogen (secondary N) is 1. The van der Waals surface area contributed by atoms with E-state index in [9.17, 15) is 9.59 Å². The second-order valence-electron chi connectivity index (χ2n) is 9.46. The maximum Gasteiger partial charge on any atom is 0.269 e. The number of rotatable bonds is 7. The molecule has 188 valence electrons. The van der Waals surface area contributed by atoms with Crippen LogP contribution >= 0.6 is 0 Å². The number of anilines is 2. The molecule has 3 heterocycles. The SMILES string of the molecule is O=C(NCc1ccc(N2CCOCC2)cc1)C1CCCN(c2cnn(Cc3ccccc3)c(=O)c2)C1. The number of piperidine rings is 1. The molecule has 1 unspecified atom stereocenters. The molecule has 0 bridgehead atoms. The van der Waals surface area contributed by atoms with Crippen molar-refractivity contribution in [2.75, 3.05) is 49.2 Å². The van der Waals surface area contributed by atoms with Gasteiger partial charge in [-0.15, -0.1) is 0 Å². The molecule has 2 aliphatic heterocycles. The van der Waals surface area contributed by atoms with E-state index in [1.54, 1.807) is 12.3 Å². The zero-order chi connectivity index (χ0) is 24.7. The Kier molecular flexibility index (Phi) is 7.61. The predicted molar refractivity (Wildman–Crippen MR) is 140 cm³/mol. The highest BCUT2D eigenvalue weighted by Crippen LogP contribution is 2.22. The highest BCUT2D eigenvalue weighted by molar-refractivity contribution is 5.79. The Morgan fingerprint density at radius 1 is 0.944 bits per heavy atom. The second kappa shape index (κ2) is 11.4. The fourth-order valence-electron chi connectivity index (χ4n) is 4.88. The summed E-state index contributed by atoms with van der Waals surface area (Å²) in [5.41, 5.74) is 3.95. The van der Waals surface area contributed by atoms with Crippen LogP contribution in [0.5, 0.6) is 0 Å². The maximum atomic E-state index is 12.9. The molecule has 1 atom stereocenters.